The number of amides is 1. The summed E-state index contributed by atoms with van der Waals surface area (Å²) < 4.78 is 3.87. The molecule has 0 spiro atoms. The van der Waals surface area contributed by atoms with Gasteiger partial charge in [0.2, 0.25) is 3.79 Å². The quantitative estimate of drug-likeness (QED) is 0.552. The largest absolute Gasteiger partial charge is 0.378 e. The van der Waals surface area contributed by atoms with Crippen LogP contribution in [0.3, 0.4) is 0 Å². The molecule has 1 heterocycles. The van der Waals surface area contributed by atoms with Gasteiger partial charge in [0.25, 0.3) is 5.91 Å². The zero-order valence-electron chi connectivity index (χ0n) is 17.6. The molecule has 32 heavy (non-hydrogen) atoms. The molecule has 1 saturated heterocycles. The van der Waals surface area contributed by atoms with Crippen molar-refractivity contribution in [2.24, 2.45) is 0 Å². The van der Waals surface area contributed by atoms with E-state index in [9.17, 15) is 4.79 Å². The summed E-state index contributed by atoms with van der Waals surface area (Å²) in [6.45, 7) is 2.79. The van der Waals surface area contributed by atoms with Gasteiger partial charge < -0.3 is 15.0 Å². The molecule has 1 aliphatic carbocycles. The van der Waals surface area contributed by atoms with Gasteiger partial charge in [-0.2, -0.15) is 0 Å². The van der Waals surface area contributed by atoms with Crippen molar-refractivity contribution in [2.45, 2.75) is 22.7 Å². The molecule has 0 saturated carbocycles. The summed E-state index contributed by atoms with van der Waals surface area (Å²) in [5.74, 6) is -0.267. The lowest BCUT2D eigenvalue weighted by molar-refractivity contribution is 0.0544. The Labute approximate surface area is 203 Å². The summed E-state index contributed by atoms with van der Waals surface area (Å²) >= 11 is 19.3. The van der Waals surface area contributed by atoms with E-state index in [-0.39, 0.29) is 5.91 Å². The molecular weight excluding hydrogens is 467 g/mol. The smallest absolute Gasteiger partial charge is 0.251 e. The molecule has 0 aromatic heterocycles. The number of rotatable bonds is 5. The van der Waals surface area contributed by atoms with Crippen molar-refractivity contribution in [3.63, 3.8) is 0 Å². The van der Waals surface area contributed by atoms with E-state index in [0.717, 1.165) is 36.3 Å². The van der Waals surface area contributed by atoms with Crippen LogP contribution in [0.25, 0.3) is 6.08 Å². The fraction of sp³-hybridized carbons (Fsp3) is 0.320. The summed E-state index contributed by atoms with van der Waals surface area (Å²) in [4.78, 5) is 15.2. The number of halogens is 3. The van der Waals surface area contributed by atoms with Gasteiger partial charge in [-0.05, 0) is 47.8 Å². The van der Waals surface area contributed by atoms with Gasteiger partial charge >= 0.3 is 0 Å². The number of benzene rings is 2. The molecule has 0 radical (unpaired) electrons. The van der Waals surface area contributed by atoms with Crippen molar-refractivity contribution in [1.29, 1.82) is 0 Å². The van der Waals surface area contributed by atoms with Gasteiger partial charge in [-0.3, -0.25) is 4.79 Å². The molecular formula is C25H25Cl3N2O2. The number of ether oxygens (including phenoxy) is 1. The van der Waals surface area contributed by atoms with Gasteiger partial charge in [0, 0.05) is 24.4 Å². The van der Waals surface area contributed by atoms with Gasteiger partial charge in [-0.25, -0.2) is 0 Å². The summed E-state index contributed by atoms with van der Waals surface area (Å²) in [5, 5.41) is 2.99. The van der Waals surface area contributed by atoms with Crippen LogP contribution in [-0.4, -0.2) is 46.9 Å². The van der Waals surface area contributed by atoms with Gasteiger partial charge in [0.1, 0.15) is 0 Å². The number of carbonyl (C=O) groups excluding carboxylic acids is 1. The van der Waals surface area contributed by atoms with E-state index in [4.69, 9.17) is 39.5 Å². The summed E-state index contributed by atoms with van der Waals surface area (Å²) in [5.41, 5.74) is 4.83. The van der Waals surface area contributed by atoms with Crippen LogP contribution in [0, 0.1) is 0 Å². The van der Waals surface area contributed by atoms with E-state index in [1.807, 2.05) is 36.4 Å². The fourth-order valence-corrected chi connectivity index (χ4v) is 4.81. The number of hydrogen-bond acceptors (Lipinski definition) is 3. The second-order valence-electron chi connectivity index (χ2n) is 7.87. The second-order valence-corrected chi connectivity index (χ2v) is 10.2. The molecule has 1 fully saturated rings. The number of alkyl halides is 3. The summed E-state index contributed by atoms with van der Waals surface area (Å²) in [7, 11) is 0. The van der Waals surface area contributed by atoms with Crippen molar-refractivity contribution >= 4 is 46.8 Å². The van der Waals surface area contributed by atoms with E-state index in [1.165, 1.54) is 5.57 Å². The molecule has 1 atom stereocenters. The highest BCUT2D eigenvalue weighted by molar-refractivity contribution is 6.68. The Morgan fingerprint density at radius 2 is 1.59 bits per heavy atom. The van der Waals surface area contributed by atoms with Crippen LogP contribution >= 0.6 is 34.8 Å². The van der Waals surface area contributed by atoms with Crippen LogP contribution in [0.1, 0.15) is 28.8 Å². The maximum absolute atomic E-state index is 13.0. The minimum Gasteiger partial charge on any atom is -0.378 e. The van der Waals surface area contributed by atoms with Crippen molar-refractivity contribution in [2.75, 3.05) is 26.3 Å². The molecule has 4 rings (SSSR count). The van der Waals surface area contributed by atoms with Crippen molar-refractivity contribution in [3.8, 4) is 0 Å². The lowest BCUT2D eigenvalue weighted by Gasteiger charge is -2.34. The van der Waals surface area contributed by atoms with E-state index in [1.54, 1.807) is 12.1 Å². The van der Waals surface area contributed by atoms with Gasteiger partial charge in [-0.1, -0.05) is 83.3 Å². The number of nitrogens with zero attached hydrogens (tertiary/aromatic N) is 1. The number of nitrogens with one attached hydrogen (secondary N) is 1. The number of hydrogen-bond donors (Lipinski definition) is 1. The maximum Gasteiger partial charge on any atom is 0.251 e. The average Bonchev–Trinajstić information content (AvgIpc) is 3.21. The zero-order chi connectivity index (χ0) is 22.6. The first kappa shape index (κ1) is 23.2. The van der Waals surface area contributed by atoms with Crippen molar-refractivity contribution < 1.29 is 9.53 Å². The highest BCUT2D eigenvalue weighted by Gasteiger charge is 2.41. The second kappa shape index (κ2) is 10.3. The SMILES string of the molecule is O=C(N[C@H](C1=C(N2CCOCC2)/C(=C/c2ccccc2)CC1)C(Cl)(Cl)Cl)c1ccccc1. The van der Waals surface area contributed by atoms with E-state index in [2.05, 4.69) is 28.4 Å². The third-order valence-electron chi connectivity index (χ3n) is 5.73. The highest BCUT2D eigenvalue weighted by Crippen LogP contribution is 2.43. The fourth-order valence-electron chi connectivity index (χ4n) is 4.25. The molecule has 1 amide bonds. The Balaban J connectivity index is 1.74. The number of allylic oxidation sites excluding steroid dienone is 1. The average molecular weight is 492 g/mol. The van der Waals surface area contributed by atoms with Crippen LogP contribution in [0.2, 0.25) is 0 Å². The molecule has 7 heteroatoms. The van der Waals surface area contributed by atoms with Gasteiger partial charge in [0.15, 0.2) is 0 Å². The van der Waals surface area contributed by atoms with E-state index < -0.39 is 9.83 Å². The molecule has 0 bridgehead atoms. The number of carbonyl (C=O) groups is 1. The molecule has 4 nitrogen and oxygen atoms in total. The Kier molecular flexibility index (Phi) is 7.47. The third-order valence-corrected chi connectivity index (χ3v) is 6.38. The van der Waals surface area contributed by atoms with Crippen LogP contribution in [0.4, 0.5) is 0 Å². The summed E-state index contributed by atoms with van der Waals surface area (Å²) in [6.07, 6.45) is 3.71. The van der Waals surface area contributed by atoms with Gasteiger partial charge in [-0.15, -0.1) is 0 Å². The minimum atomic E-state index is -1.69. The lowest BCUT2D eigenvalue weighted by atomic mass is 10.0. The lowest BCUT2D eigenvalue weighted by Crippen LogP contribution is -2.46. The van der Waals surface area contributed by atoms with Crippen molar-refractivity contribution in [1.82, 2.24) is 10.2 Å². The monoisotopic (exact) mass is 490 g/mol. The third kappa shape index (κ3) is 5.49. The Bertz CT molecular complexity index is 995. The molecule has 168 valence electrons. The Morgan fingerprint density at radius 1 is 0.969 bits per heavy atom. The topological polar surface area (TPSA) is 41.6 Å². The maximum atomic E-state index is 13.0. The Hall–Kier alpha value is -1.98. The number of morpholine rings is 1. The predicted molar refractivity (Wildman–Crippen MR) is 131 cm³/mol. The molecule has 2 aromatic rings. The van der Waals surface area contributed by atoms with Crippen LogP contribution < -0.4 is 5.32 Å². The van der Waals surface area contributed by atoms with Crippen LogP contribution in [0.15, 0.2) is 77.5 Å². The van der Waals surface area contributed by atoms with Crippen LogP contribution in [-0.2, 0) is 4.74 Å². The Morgan fingerprint density at radius 3 is 2.22 bits per heavy atom. The summed E-state index contributed by atoms with van der Waals surface area (Å²) in [6, 6.07) is 18.4. The normalized spacial score (nSPS) is 19.3. The van der Waals surface area contributed by atoms with E-state index >= 15 is 0 Å². The molecule has 1 N–H and O–H groups in total. The highest BCUT2D eigenvalue weighted by atomic mass is 35.6. The molecule has 0 unspecified atom stereocenters. The first-order valence-corrected chi connectivity index (χ1v) is 11.8. The van der Waals surface area contributed by atoms with E-state index in [0.29, 0.717) is 25.2 Å². The standard InChI is InChI=1S/C25H25Cl3N2O2/c26-25(27,28)23(29-24(31)19-9-5-2-6-10-19)21-12-11-20(17-18-7-3-1-4-8-18)22(21)30-13-15-32-16-14-30/h1-10,17,23H,11-16H2,(H,29,31)/b20-17+/t23-/m1/s1. The predicted octanol–water partition coefficient (Wildman–Crippen LogP) is 5.62. The molecule has 2 aliphatic rings. The van der Waals surface area contributed by atoms with Crippen molar-refractivity contribution in [3.05, 3.63) is 88.6 Å². The first-order chi connectivity index (χ1) is 15.4. The molecule has 2 aromatic carbocycles. The minimum absolute atomic E-state index is 0.267. The van der Waals surface area contributed by atoms with Gasteiger partial charge in [0.05, 0.1) is 19.3 Å². The van der Waals surface area contributed by atoms with Crippen LogP contribution in [0.5, 0.6) is 0 Å². The first-order valence-electron chi connectivity index (χ1n) is 10.7. The molecule has 1 aliphatic heterocycles. The zero-order valence-corrected chi connectivity index (χ0v) is 19.8.